The van der Waals surface area contributed by atoms with Crippen molar-refractivity contribution in [2.75, 3.05) is 0 Å². The molecule has 0 radical (unpaired) electrons. The average molecular weight is 234 g/mol. The summed E-state index contributed by atoms with van der Waals surface area (Å²) in [6.45, 7) is 4.00. The molecule has 0 amide bonds. The van der Waals surface area contributed by atoms with Crippen LogP contribution in [0.5, 0.6) is 0 Å². The maximum absolute atomic E-state index is 11.1. The first kappa shape index (κ1) is 12.1. The third-order valence-corrected chi connectivity index (χ3v) is 3.36. The summed E-state index contributed by atoms with van der Waals surface area (Å²) < 4.78 is 4.52. The summed E-state index contributed by atoms with van der Waals surface area (Å²) >= 11 is 0. The lowest BCUT2D eigenvalue weighted by Gasteiger charge is -2.22. The van der Waals surface area contributed by atoms with Gasteiger partial charge < -0.3 is 4.74 Å². The highest BCUT2D eigenvalue weighted by Gasteiger charge is 2.37. The minimum atomic E-state index is -0.386. The van der Waals surface area contributed by atoms with E-state index < -0.39 is 0 Å². The first-order valence-corrected chi connectivity index (χ1v) is 6.36. The second-order valence-corrected chi connectivity index (χ2v) is 4.54. The van der Waals surface area contributed by atoms with Crippen molar-refractivity contribution in [2.24, 2.45) is 17.8 Å². The average Bonchev–Trinajstić information content (AvgIpc) is 3.08. The summed E-state index contributed by atoms with van der Waals surface area (Å²) in [7, 11) is 0. The van der Waals surface area contributed by atoms with Crippen molar-refractivity contribution in [3.8, 4) is 0 Å². The number of cyclic esters (lactones) is 2. The highest BCUT2D eigenvalue weighted by atomic mass is 16.6. The Morgan fingerprint density at radius 1 is 1.12 bits per heavy atom. The van der Waals surface area contributed by atoms with E-state index in [1.54, 1.807) is 0 Å². The fourth-order valence-corrected chi connectivity index (χ4v) is 2.38. The largest absolute Gasteiger partial charge is 0.393 e. The van der Waals surface area contributed by atoms with Gasteiger partial charge >= 0.3 is 11.9 Å². The van der Waals surface area contributed by atoms with Gasteiger partial charge in [-0.3, -0.25) is 9.59 Å². The second kappa shape index (κ2) is 4.86. The van der Waals surface area contributed by atoms with Gasteiger partial charge in [-0.05, 0) is 23.8 Å². The van der Waals surface area contributed by atoms with E-state index in [-0.39, 0.29) is 17.9 Å². The number of esters is 2. The van der Waals surface area contributed by atoms with Crippen LogP contribution >= 0.6 is 0 Å². The van der Waals surface area contributed by atoms with Gasteiger partial charge in [0, 0.05) is 5.92 Å². The Morgan fingerprint density at radius 2 is 1.76 bits per heavy atom. The Labute approximate surface area is 102 Å². The zero-order valence-corrected chi connectivity index (χ0v) is 10.3. The van der Waals surface area contributed by atoms with Crippen molar-refractivity contribution in [1.29, 1.82) is 0 Å². The number of fused-ring (bicyclic) bond motifs is 1. The maximum Gasteiger partial charge on any atom is 0.314 e. The van der Waals surface area contributed by atoms with Crippen molar-refractivity contribution in [2.45, 2.75) is 33.1 Å². The Morgan fingerprint density at radius 3 is 2.35 bits per heavy atom. The second-order valence-electron chi connectivity index (χ2n) is 4.54. The Hall–Kier alpha value is -1.38. The van der Waals surface area contributed by atoms with Gasteiger partial charge in [0.05, 0.1) is 12.8 Å². The molecule has 92 valence electrons. The summed E-state index contributed by atoms with van der Waals surface area (Å²) in [6.07, 6.45) is 8.42. The van der Waals surface area contributed by atoms with Crippen LogP contribution in [0.2, 0.25) is 0 Å². The molecule has 1 heterocycles. The highest BCUT2D eigenvalue weighted by Crippen LogP contribution is 2.46. The van der Waals surface area contributed by atoms with Crippen LogP contribution in [0.15, 0.2) is 23.8 Å². The predicted octanol–water partition coefficient (Wildman–Crippen LogP) is 2.62. The fraction of sp³-hybridized carbons (Fsp3) is 0.571. The standard InChI is InChI=1S/C12H12O3.C2H6/c13-11-5-10(6-12(14)15-11)8-2-1-7-3-9(7)4-8;1-2/h1-2,4,7,9-10H,3,5-6H2;1-2H3. The van der Waals surface area contributed by atoms with Crippen molar-refractivity contribution < 1.29 is 14.3 Å². The predicted molar refractivity (Wildman–Crippen MR) is 64.0 cm³/mol. The number of rotatable bonds is 1. The minimum absolute atomic E-state index is 0.0524. The molecule has 3 rings (SSSR count). The van der Waals surface area contributed by atoms with Gasteiger partial charge in [-0.15, -0.1) is 0 Å². The highest BCUT2D eigenvalue weighted by molar-refractivity contribution is 5.89. The summed E-state index contributed by atoms with van der Waals surface area (Å²) in [4.78, 5) is 22.2. The molecule has 1 aliphatic heterocycles. The van der Waals surface area contributed by atoms with E-state index in [0.717, 1.165) is 11.5 Å². The topological polar surface area (TPSA) is 43.4 Å². The lowest BCUT2D eigenvalue weighted by Crippen LogP contribution is -2.26. The van der Waals surface area contributed by atoms with Crippen LogP contribution in [0.4, 0.5) is 0 Å². The van der Waals surface area contributed by atoms with E-state index in [2.05, 4.69) is 23.0 Å². The smallest absolute Gasteiger partial charge is 0.314 e. The van der Waals surface area contributed by atoms with Crippen LogP contribution in [0.3, 0.4) is 0 Å². The van der Waals surface area contributed by atoms with Crippen molar-refractivity contribution in [1.82, 2.24) is 0 Å². The molecule has 0 bridgehead atoms. The Balaban J connectivity index is 0.000000514. The third kappa shape index (κ3) is 2.65. The summed E-state index contributed by atoms with van der Waals surface area (Å²) in [5.74, 6) is 0.668. The lowest BCUT2D eigenvalue weighted by atomic mass is 9.88. The van der Waals surface area contributed by atoms with E-state index in [9.17, 15) is 9.59 Å². The van der Waals surface area contributed by atoms with Gasteiger partial charge in [0.25, 0.3) is 0 Å². The number of ether oxygens (including phenoxy) is 1. The molecule has 1 saturated carbocycles. The molecule has 0 aromatic heterocycles. The molecule has 3 nitrogen and oxygen atoms in total. The molecular formula is C14H18O3. The van der Waals surface area contributed by atoms with E-state index in [1.807, 2.05) is 13.8 Å². The fourth-order valence-electron chi connectivity index (χ4n) is 2.38. The number of hydrogen-bond donors (Lipinski definition) is 0. The van der Waals surface area contributed by atoms with Gasteiger partial charge in [-0.1, -0.05) is 32.1 Å². The van der Waals surface area contributed by atoms with Crippen LogP contribution in [0, 0.1) is 17.8 Å². The van der Waals surface area contributed by atoms with Gasteiger partial charge in [-0.2, -0.15) is 0 Å². The van der Waals surface area contributed by atoms with Crippen LogP contribution in [-0.4, -0.2) is 11.9 Å². The molecule has 3 aliphatic rings. The molecule has 3 heteroatoms. The Kier molecular flexibility index (Phi) is 3.46. The van der Waals surface area contributed by atoms with Crippen LogP contribution in [-0.2, 0) is 14.3 Å². The van der Waals surface area contributed by atoms with Crippen LogP contribution in [0.1, 0.15) is 33.1 Å². The SMILES string of the molecule is CC.O=C1CC(C2=CC3CC3C=C2)CC(=O)O1. The Bertz CT molecular complexity index is 376. The number of hydrogen-bond acceptors (Lipinski definition) is 3. The number of carbonyl (C=O) groups is 2. The molecule has 0 aromatic rings. The molecule has 0 spiro atoms. The molecule has 2 atom stereocenters. The van der Waals surface area contributed by atoms with Crippen molar-refractivity contribution in [3.05, 3.63) is 23.8 Å². The first-order valence-electron chi connectivity index (χ1n) is 6.36. The molecule has 0 N–H and O–H groups in total. The van der Waals surface area contributed by atoms with Crippen molar-refractivity contribution in [3.63, 3.8) is 0 Å². The number of carbonyl (C=O) groups excluding carboxylic acids is 2. The minimum Gasteiger partial charge on any atom is -0.393 e. The summed E-state index contributed by atoms with van der Waals surface area (Å²) in [5.41, 5.74) is 1.15. The molecule has 2 fully saturated rings. The number of allylic oxidation sites excluding steroid dienone is 4. The quantitative estimate of drug-likeness (QED) is 0.517. The first-order chi connectivity index (χ1) is 8.22. The van der Waals surface area contributed by atoms with Crippen molar-refractivity contribution >= 4 is 11.9 Å². The maximum atomic E-state index is 11.1. The van der Waals surface area contributed by atoms with E-state index in [1.165, 1.54) is 6.42 Å². The summed E-state index contributed by atoms with van der Waals surface area (Å²) in [6, 6.07) is 0. The van der Waals surface area contributed by atoms with E-state index in [4.69, 9.17) is 0 Å². The molecule has 17 heavy (non-hydrogen) atoms. The summed E-state index contributed by atoms with van der Waals surface area (Å²) in [5, 5.41) is 0. The lowest BCUT2D eigenvalue weighted by molar-refractivity contribution is -0.164. The molecule has 1 saturated heterocycles. The van der Waals surface area contributed by atoms with Gasteiger partial charge in [0.15, 0.2) is 0 Å². The zero-order valence-electron chi connectivity index (χ0n) is 10.3. The van der Waals surface area contributed by atoms with Gasteiger partial charge in [-0.25, -0.2) is 0 Å². The van der Waals surface area contributed by atoms with Gasteiger partial charge in [0.1, 0.15) is 0 Å². The van der Waals surface area contributed by atoms with Crippen LogP contribution < -0.4 is 0 Å². The zero-order chi connectivity index (χ0) is 12.4. The molecular weight excluding hydrogens is 216 g/mol. The molecule has 2 aliphatic carbocycles. The van der Waals surface area contributed by atoms with Gasteiger partial charge in [0.2, 0.25) is 0 Å². The monoisotopic (exact) mass is 234 g/mol. The van der Waals surface area contributed by atoms with E-state index >= 15 is 0 Å². The van der Waals surface area contributed by atoms with E-state index in [0.29, 0.717) is 18.8 Å². The molecule has 2 unspecified atom stereocenters. The normalized spacial score (nSPS) is 30.8. The van der Waals surface area contributed by atoms with Crippen LogP contribution in [0.25, 0.3) is 0 Å². The molecule has 0 aromatic carbocycles. The third-order valence-electron chi connectivity index (χ3n) is 3.36.